The number of benzene rings is 1. The molecule has 2 rings (SSSR count). The van der Waals surface area contributed by atoms with Gasteiger partial charge in [-0.15, -0.1) is 0 Å². The van der Waals surface area contributed by atoms with Gasteiger partial charge in [0, 0.05) is 43.2 Å². The number of hydrogen-bond donors (Lipinski definition) is 1. The van der Waals surface area contributed by atoms with E-state index in [0.29, 0.717) is 18.0 Å². The van der Waals surface area contributed by atoms with Gasteiger partial charge in [-0.25, -0.2) is 13.4 Å². The van der Waals surface area contributed by atoms with Gasteiger partial charge in [0.1, 0.15) is 5.82 Å². The molecule has 0 spiro atoms. The van der Waals surface area contributed by atoms with Crippen LogP contribution in [0.5, 0.6) is 0 Å². The number of rotatable bonds is 7. The molecule has 0 atom stereocenters. The number of carbonyl (C=O) groups excluding carboxylic acids is 1. The van der Waals surface area contributed by atoms with E-state index in [1.54, 1.807) is 18.3 Å². The van der Waals surface area contributed by atoms with E-state index in [9.17, 15) is 13.2 Å². The molecule has 0 fully saturated rings. The Bertz CT molecular complexity index is 810. The number of nitrogens with one attached hydrogen (secondary N) is 1. The Morgan fingerprint density at radius 2 is 2.08 bits per heavy atom. The van der Waals surface area contributed by atoms with Crippen LogP contribution >= 0.6 is 0 Å². The van der Waals surface area contributed by atoms with Crippen molar-refractivity contribution in [2.24, 2.45) is 0 Å². The molecule has 0 aliphatic heterocycles. The van der Waals surface area contributed by atoms with E-state index < -0.39 is 9.84 Å². The molecule has 0 unspecified atom stereocenters. The smallest absolute Gasteiger partial charge is 0.251 e. The molecule has 0 bridgehead atoms. The molecule has 0 saturated carbocycles. The zero-order valence-corrected chi connectivity index (χ0v) is 15.0. The summed E-state index contributed by atoms with van der Waals surface area (Å²) in [7, 11) is -3.32. The van der Waals surface area contributed by atoms with Crippen molar-refractivity contribution in [1.82, 2.24) is 14.9 Å². The highest BCUT2D eigenvalue weighted by Crippen LogP contribution is 2.12. The minimum absolute atomic E-state index is 0.148. The Morgan fingerprint density at radius 1 is 1.33 bits per heavy atom. The van der Waals surface area contributed by atoms with Crippen molar-refractivity contribution in [2.45, 2.75) is 37.6 Å². The minimum Gasteiger partial charge on any atom is -0.352 e. The van der Waals surface area contributed by atoms with E-state index in [4.69, 9.17) is 0 Å². The lowest BCUT2D eigenvalue weighted by Gasteiger charge is -2.11. The van der Waals surface area contributed by atoms with Crippen LogP contribution in [0.4, 0.5) is 0 Å². The number of sulfone groups is 1. The van der Waals surface area contributed by atoms with Crippen LogP contribution in [0.15, 0.2) is 41.6 Å². The average molecular weight is 349 g/mol. The lowest BCUT2D eigenvalue weighted by atomic mass is 10.2. The van der Waals surface area contributed by atoms with Gasteiger partial charge in [-0.1, -0.05) is 19.9 Å². The van der Waals surface area contributed by atoms with E-state index >= 15 is 0 Å². The first-order valence-electron chi connectivity index (χ1n) is 7.88. The number of imidazole rings is 1. The molecule has 6 nitrogen and oxygen atoms in total. The van der Waals surface area contributed by atoms with Gasteiger partial charge in [0.25, 0.3) is 5.91 Å². The van der Waals surface area contributed by atoms with Gasteiger partial charge in [0.2, 0.25) is 0 Å². The number of carbonyl (C=O) groups is 1. The first kappa shape index (κ1) is 18.2. The van der Waals surface area contributed by atoms with Crippen molar-refractivity contribution in [3.05, 3.63) is 48.0 Å². The maximum Gasteiger partial charge on any atom is 0.251 e. The standard InChI is InChI=1S/C17H23N3O3S/c1-13(2)16-18-9-11-20(16)10-5-8-19-17(21)14-6-4-7-15(12-14)24(3,22)23/h4,6-7,9,11-13H,5,8,10H2,1-3H3,(H,19,21). The Kier molecular flexibility index (Phi) is 5.77. The summed E-state index contributed by atoms with van der Waals surface area (Å²) in [5.41, 5.74) is 0.350. The zero-order valence-electron chi connectivity index (χ0n) is 14.2. The monoisotopic (exact) mass is 349 g/mol. The quantitative estimate of drug-likeness (QED) is 0.777. The second-order valence-corrected chi connectivity index (χ2v) is 8.06. The highest BCUT2D eigenvalue weighted by molar-refractivity contribution is 7.90. The van der Waals surface area contributed by atoms with Gasteiger partial charge in [-0.3, -0.25) is 4.79 Å². The fourth-order valence-electron chi connectivity index (χ4n) is 2.43. The van der Waals surface area contributed by atoms with Crippen molar-refractivity contribution >= 4 is 15.7 Å². The molecule has 0 radical (unpaired) electrons. The summed E-state index contributed by atoms with van der Waals surface area (Å²) >= 11 is 0. The second kappa shape index (κ2) is 7.61. The Labute approximate surface area is 142 Å². The maximum atomic E-state index is 12.1. The summed E-state index contributed by atoms with van der Waals surface area (Å²) < 4.78 is 25.2. The molecule has 1 aromatic heterocycles. The average Bonchev–Trinajstić information content (AvgIpc) is 2.99. The molecule has 1 heterocycles. The van der Waals surface area contributed by atoms with Crippen LogP contribution in [-0.4, -0.2) is 36.7 Å². The largest absolute Gasteiger partial charge is 0.352 e. The number of nitrogens with zero attached hydrogens (tertiary/aromatic N) is 2. The third-order valence-electron chi connectivity index (χ3n) is 3.65. The second-order valence-electron chi connectivity index (χ2n) is 6.04. The summed E-state index contributed by atoms with van der Waals surface area (Å²) in [4.78, 5) is 16.6. The number of aryl methyl sites for hydroxylation is 1. The Morgan fingerprint density at radius 3 is 2.75 bits per heavy atom. The maximum absolute atomic E-state index is 12.1. The Hall–Kier alpha value is -2.15. The summed E-state index contributed by atoms with van der Waals surface area (Å²) in [6.07, 6.45) is 5.62. The van der Waals surface area contributed by atoms with Crippen LogP contribution in [0.2, 0.25) is 0 Å². The molecular weight excluding hydrogens is 326 g/mol. The van der Waals surface area contributed by atoms with Crippen molar-refractivity contribution in [3.63, 3.8) is 0 Å². The number of hydrogen-bond acceptors (Lipinski definition) is 4. The number of aromatic nitrogens is 2. The van der Waals surface area contributed by atoms with Crippen LogP contribution in [0.25, 0.3) is 0 Å². The van der Waals surface area contributed by atoms with Gasteiger partial charge < -0.3 is 9.88 Å². The fraction of sp³-hybridized carbons (Fsp3) is 0.412. The van der Waals surface area contributed by atoms with E-state index in [0.717, 1.165) is 25.0 Å². The Balaban J connectivity index is 1.89. The highest BCUT2D eigenvalue weighted by atomic mass is 32.2. The molecule has 1 N–H and O–H groups in total. The van der Waals surface area contributed by atoms with Crippen LogP contribution in [0.1, 0.15) is 42.4 Å². The molecule has 24 heavy (non-hydrogen) atoms. The molecule has 2 aromatic rings. The summed E-state index contributed by atoms with van der Waals surface area (Å²) in [6, 6.07) is 6.07. The summed E-state index contributed by atoms with van der Waals surface area (Å²) in [6.45, 7) is 5.47. The van der Waals surface area contributed by atoms with Crippen LogP contribution in [0.3, 0.4) is 0 Å². The van der Waals surface area contributed by atoms with Crippen LogP contribution in [0, 0.1) is 0 Å². The molecular formula is C17H23N3O3S. The molecule has 0 saturated heterocycles. The predicted molar refractivity (Wildman–Crippen MR) is 92.8 cm³/mol. The fourth-order valence-corrected chi connectivity index (χ4v) is 3.10. The van der Waals surface area contributed by atoms with E-state index in [1.165, 1.54) is 12.1 Å². The lowest BCUT2D eigenvalue weighted by Crippen LogP contribution is -2.25. The van der Waals surface area contributed by atoms with Gasteiger partial charge >= 0.3 is 0 Å². The third-order valence-corrected chi connectivity index (χ3v) is 4.76. The lowest BCUT2D eigenvalue weighted by molar-refractivity contribution is 0.0952. The molecule has 1 aromatic carbocycles. The zero-order chi connectivity index (χ0) is 17.7. The molecule has 0 aliphatic rings. The van der Waals surface area contributed by atoms with E-state index in [-0.39, 0.29) is 10.8 Å². The first-order valence-corrected chi connectivity index (χ1v) is 9.77. The van der Waals surface area contributed by atoms with Crippen LogP contribution < -0.4 is 5.32 Å². The van der Waals surface area contributed by atoms with Crippen molar-refractivity contribution in [2.75, 3.05) is 12.8 Å². The molecule has 7 heteroatoms. The van der Waals surface area contributed by atoms with E-state index in [2.05, 4.69) is 28.7 Å². The van der Waals surface area contributed by atoms with Crippen molar-refractivity contribution < 1.29 is 13.2 Å². The van der Waals surface area contributed by atoms with E-state index in [1.807, 2.05) is 6.20 Å². The number of amides is 1. The predicted octanol–water partition coefficient (Wildman–Crippen LogP) is 2.23. The highest BCUT2D eigenvalue weighted by Gasteiger charge is 2.11. The molecule has 1 amide bonds. The van der Waals surface area contributed by atoms with Gasteiger partial charge in [-0.05, 0) is 24.6 Å². The van der Waals surface area contributed by atoms with Gasteiger partial charge in [0.05, 0.1) is 4.90 Å². The van der Waals surface area contributed by atoms with Gasteiger partial charge in [0.15, 0.2) is 9.84 Å². The minimum atomic E-state index is -3.32. The summed E-state index contributed by atoms with van der Waals surface area (Å²) in [5.74, 6) is 1.12. The molecule has 0 aliphatic carbocycles. The molecule has 130 valence electrons. The normalized spacial score (nSPS) is 11.7. The van der Waals surface area contributed by atoms with Crippen molar-refractivity contribution in [3.8, 4) is 0 Å². The first-order chi connectivity index (χ1) is 11.3. The SMILES string of the molecule is CC(C)c1nccn1CCCNC(=O)c1cccc(S(C)(=O)=O)c1. The van der Waals surface area contributed by atoms with Gasteiger partial charge in [-0.2, -0.15) is 0 Å². The van der Waals surface area contributed by atoms with Crippen LogP contribution in [-0.2, 0) is 16.4 Å². The third kappa shape index (κ3) is 4.67. The topological polar surface area (TPSA) is 81.1 Å². The van der Waals surface area contributed by atoms with Crippen molar-refractivity contribution in [1.29, 1.82) is 0 Å². The summed E-state index contributed by atoms with van der Waals surface area (Å²) in [5, 5.41) is 2.82.